The van der Waals surface area contributed by atoms with E-state index in [1.54, 1.807) is 31.1 Å². The molecular formula is C19H30BN3O3S. The Hall–Kier alpha value is -1.12. The second-order valence-electron chi connectivity index (χ2n) is 8.39. The molecule has 0 saturated carbocycles. The molecule has 0 N–H and O–H groups in total. The summed E-state index contributed by atoms with van der Waals surface area (Å²) in [5.41, 5.74) is 0.106. The van der Waals surface area contributed by atoms with Crippen LogP contribution in [0.1, 0.15) is 60.3 Å². The molecule has 1 aromatic heterocycles. The minimum absolute atomic E-state index is 0.188. The predicted molar refractivity (Wildman–Crippen MR) is 108 cm³/mol. The maximum absolute atomic E-state index is 11.8. The quantitative estimate of drug-likeness (QED) is 0.437. The summed E-state index contributed by atoms with van der Waals surface area (Å²) >= 11 is 1.64. The fourth-order valence-corrected chi connectivity index (χ4v) is 4.33. The third kappa shape index (κ3) is 4.66. The van der Waals surface area contributed by atoms with E-state index in [1.165, 1.54) is 6.42 Å². The minimum atomic E-state index is -0.430. The zero-order valence-corrected chi connectivity index (χ0v) is 17.8. The third-order valence-electron chi connectivity index (χ3n) is 5.89. The Morgan fingerprint density at radius 2 is 1.85 bits per heavy atom. The van der Waals surface area contributed by atoms with Gasteiger partial charge in [-0.2, -0.15) is 0 Å². The summed E-state index contributed by atoms with van der Waals surface area (Å²) in [7, 11) is -0.430. The van der Waals surface area contributed by atoms with Gasteiger partial charge in [0.25, 0.3) is 0 Å². The molecule has 3 rings (SSSR count). The van der Waals surface area contributed by atoms with Crippen LogP contribution < -0.4 is 5.46 Å². The first-order valence-electron chi connectivity index (χ1n) is 9.77. The molecule has 1 aromatic rings. The molecule has 0 aliphatic carbocycles. The molecule has 0 spiro atoms. The van der Waals surface area contributed by atoms with Crippen molar-refractivity contribution in [2.24, 2.45) is 0 Å². The molecule has 1 amide bonds. The minimum Gasteiger partial charge on any atom is -0.399 e. The van der Waals surface area contributed by atoms with Crippen LogP contribution in [0.3, 0.4) is 0 Å². The lowest BCUT2D eigenvalue weighted by Gasteiger charge is -2.35. The van der Waals surface area contributed by atoms with Crippen LogP contribution in [0, 0.1) is 0 Å². The SMILES string of the molecule is CC(=O)N1CCCC[C@H]1CCSc1ncc(B2OC(C)(C)C(C)(C)O2)cn1. The van der Waals surface area contributed by atoms with Gasteiger partial charge in [-0.25, -0.2) is 9.97 Å². The molecule has 2 fully saturated rings. The number of piperidine rings is 1. The van der Waals surface area contributed by atoms with Crippen molar-refractivity contribution in [3.05, 3.63) is 12.4 Å². The van der Waals surface area contributed by atoms with Crippen molar-refractivity contribution in [2.75, 3.05) is 12.3 Å². The van der Waals surface area contributed by atoms with Crippen molar-refractivity contribution in [2.45, 2.75) is 82.7 Å². The van der Waals surface area contributed by atoms with Crippen molar-refractivity contribution >= 4 is 30.3 Å². The van der Waals surface area contributed by atoms with E-state index < -0.39 is 7.12 Å². The van der Waals surface area contributed by atoms with Crippen LogP contribution in [0.15, 0.2) is 17.6 Å². The van der Waals surface area contributed by atoms with E-state index in [1.807, 2.05) is 32.6 Å². The van der Waals surface area contributed by atoms with Gasteiger partial charge < -0.3 is 14.2 Å². The maximum atomic E-state index is 11.8. The first kappa shape index (κ1) is 20.6. The van der Waals surface area contributed by atoms with Gasteiger partial charge >= 0.3 is 7.12 Å². The summed E-state index contributed by atoms with van der Waals surface area (Å²) in [5, 5.41) is 0.750. The maximum Gasteiger partial charge on any atom is 0.498 e. The monoisotopic (exact) mass is 391 g/mol. The number of amides is 1. The number of carbonyl (C=O) groups excluding carboxylic acids is 1. The van der Waals surface area contributed by atoms with Crippen LogP contribution in [0.2, 0.25) is 0 Å². The number of hydrogen-bond acceptors (Lipinski definition) is 6. The third-order valence-corrected chi connectivity index (χ3v) is 6.80. The Labute approximate surface area is 166 Å². The van der Waals surface area contributed by atoms with Gasteiger partial charge in [0.15, 0.2) is 5.16 Å². The van der Waals surface area contributed by atoms with Gasteiger partial charge in [0.05, 0.1) is 11.2 Å². The average molecular weight is 391 g/mol. The van der Waals surface area contributed by atoms with Gasteiger partial charge in [-0.3, -0.25) is 4.79 Å². The summed E-state index contributed by atoms with van der Waals surface area (Å²) in [5.74, 6) is 1.09. The van der Waals surface area contributed by atoms with Crippen LogP contribution in [-0.2, 0) is 14.1 Å². The molecule has 6 nitrogen and oxygen atoms in total. The number of aromatic nitrogens is 2. The van der Waals surface area contributed by atoms with Gasteiger partial charge in [0.1, 0.15) is 0 Å². The zero-order valence-electron chi connectivity index (χ0n) is 17.0. The van der Waals surface area contributed by atoms with E-state index in [4.69, 9.17) is 9.31 Å². The molecule has 0 radical (unpaired) electrons. The molecule has 0 aromatic carbocycles. The zero-order chi connectivity index (χ0) is 19.7. The summed E-state index contributed by atoms with van der Waals surface area (Å²) in [6, 6.07) is 0.354. The lowest BCUT2D eigenvalue weighted by atomic mass is 9.81. The second-order valence-corrected chi connectivity index (χ2v) is 9.45. The van der Waals surface area contributed by atoms with Crippen molar-refractivity contribution in [3.63, 3.8) is 0 Å². The highest BCUT2D eigenvalue weighted by Crippen LogP contribution is 2.36. The topological polar surface area (TPSA) is 64.6 Å². The van der Waals surface area contributed by atoms with E-state index >= 15 is 0 Å². The molecule has 1 atom stereocenters. The summed E-state index contributed by atoms with van der Waals surface area (Å²) in [6.45, 7) is 10.7. The first-order chi connectivity index (χ1) is 12.7. The van der Waals surface area contributed by atoms with Crippen LogP contribution in [-0.4, -0.2) is 57.4 Å². The fraction of sp³-hybridized carbons (Fsp3) is 0.737. The number of carbonyl (C=O) groups is 1. The molecule has 148 valence electrons. The van der Waals surface area contributed by atoms with E-state index in [0.29, 0.717) is 6.04 Å². The lowest BCUT2D eigenvalue weighted by Crippen LogP contribution is -2.42. The fourth-order valence-electron chi connectivity index (χ4n) is 3.50. The van der Waals surface area contributed by atoms with Crippen LogP contribution in [0.5, 0.6) is 0 Å². The molecule has 0 unspecified atom stereocenters. The Balaban J connectivity index is 1.52. The number of thioether (sulfide) groups is 1. The van der Waals surface area contributed by atoms with Gasteiger partial charge in [0.2, 0.25) is 5.91 Å². The standard InChI is InChI=1S/C19H30BN3O3S/c1-14(24)23-10-7-6-8-16(23)9-11-27-17-21-12-15(13-22-17)20-25-18(2,3)19(4,5)26-20/h12-13,16H,6-11H2,1-5H3/t16-/m0/s1. The lowest BCUT2D eigenvalue weighted by molar-refractivity contribution is -0.132. The van der Waals surface area contributed by atoms with E-state index in [9.17, 15) is 4.79 Å². The van der Waals surface area contributed by atoms with E-state index in [-0.39, 0.29) is 17.1 Å². The largest absolute Gasteiger partial charge is 0.498 e. The van der Waals surface area contributed by atoms with E-state index in [0.717, 1.165) is 42.2 Å². The van der Waals surface area contributed by atoms with Crippen molar-refractivity contribution in [3.8, 4) is 0 Å². The Kier molecular flexibility index (Phi) is 6.18. The number of hydrogen-bond donors (Lipinski definition) is 0. The summed E-state index contributed by atoms with van der Waals surface area (Å²) in [4.78, 5) is 22.7. The summed E-state index contributed by atoms with van der Waals surface area (Å²) < 4.78 is 12.1. The number of rotatable bonds is 5. The Morgan fingerprint density at radius 3 is 2.44 bits per heavy atom. The molecular weight excluding hydrogens is 361 g/mol. The number of nitrogens with zero attached hydrogens (tertiary/aromatic N) is 3. The van der Waals surface area contributed by atoms with Gasteiger partial charge in [0, 0.05) is 43.1 Å². The van der Waals surface area contributed by atoms with Crippen molar-refractivity contribution in [1.29, 1.82) is 0 Å². The van der Waals surface area contributed by atoms with Gasteiger partial charge in [-0.05, 0) is 53.4 Å². The Morgan fingerprint density at radius 1 is 1.22 bits per heavy atom. The molecule has 2 aliphatic heterocycles. The summed E-state index contributed by atoms with van der Waals surface area (Å²) in [6.07, 6.45) is 7.99. The smallest absolute Gasteiger partial charge is 0.399 e. The highest BCUT2D eigenvalue weighted by atomic mass is 32.2. The molecule has 3 heterocycles. The van der Waals surface area contributed by atoms with Gasteiger partial charge in [-0.1, -0.05) is 11.8 Å². The van der Waals surface area contributed by atoms with Crippen molar-refractivity contribution < 1.29 is 14.1 Å². The van der Waals surface area contributed by atoms with Crippen LogP contribution >= 0.6 is 11.8 Å². The molecule has 0 bridgehead atoms. The van der Waals surface area contributed by atoms with Crippen LogP contribution in [0.25, 0.3) is 0 Å². The normalized spacial score (nSPS) is 24.3. The van der Waals surface area contributed by atoms with Gasteiger partial charge in [-0.15, -0.1) is 0 Å². The molecule has 8 heteroatoms. The average Bonchev–Trinajstić information content (AvgIpc) is 2.83. The second kappa shape index (κ2) is 8.09. The Bertz CT molecular complexity index is 653. The molecule has 2 aliphatic rings. The number of likely N-dealkylation sites (tertiary alicyclic amines) is 1. The first-order valence-corrected chi connectivity index (χ1v) is 10.8. The molecule has 2 saturated heterocycles. The molecule has 27 heavy (non-hydrogen) atoms. The van der Waals surface area contributed by atoms with Crippen molar-refractivity contribution in [1.82, 2.24) is 14.9 Å². The predicted octanol–water partition coefficient (Wildman–Crippen LogP) is 2.66. The van der Waals surface area contributed by atoms with E-state index in [2.05, 4.69) is 9.97 Å². The highest BCUT2D eigenvalue weighted by Gasteiger charge is 2.51. The van der Waals surface area contributed by atoms with Crippen LogP contribution in [0.4, 0.5) is 0 Å². The highest BCUT2D eigenvalue weighted by molar-refractivity contribution is 7.99.